The Morgan fingerprint density at radius 3 is 3.17 bits per heavy atom. The summed E-state index contributed by atoms with van der Waals surface area (Å²) in [6, 6.07) is 0.360. The van der Waals surface area contributed by atoms with E-state index in [1.165, 1.54) is 0 Å². The molecular weight excluding hydrogens is 292 g/mol. The Kier molecular flexibility index (Phi) is 5.02. The molecule has 0 unspecified atom stereocenters. The molecule has 1 amide bonds. The van der Waals surface area contributed by atoms with Crippen molar-refractivity contribution in [2.45, 2.75) is 51.6 Å². The van der Waals surface area contributed by atoms with Gasteiger partial charge < -0.3 is 19.9 Å². The van der Waals surface area contributed by atoms with Gasteiger partial charge >= 0.3 is 0 Å². The van der Waals surface area contributed by atoms with E-state index in [4.69, 9.17) is 0 Å². The molecule has 6 heteroatoms. The van der Waals surface area contributed by atoms with Crippen LogP contribution in [0.3, 0.4) is 0 Å². The molecule has 1 aromatic heterocycles. The number of aliphatic hydroxyl groups excluding tert-OH is 1. The fourth-order valence-corrected chi connectivity index (χ4v) is 4.10. The summed E-state index contributed by atoms with van der Waals surface area (Å²) in [5.74, 6) is 1.21. The summed E-state index contributed by atoms with van der Waals surface area (Å²) in [4.78, 5) is 18.7. The molecule has 2 atom stereocenters. The molecule has 6 nitrogen and oxygen atoms in total. The standard InChI is InChI=1S/C17H28N4O2/c1-14-18-8-11-20(14)9-2-4-16(23)21-10-5-15-17(12-21,13-22)6-3-7-19-15/h8,11,15,19,22H,2-7,9-10,12-13H2,1H3/t15-,17-/m1/s1. The second-order valence-electron chi connectivity index (χ2n) is 7.01. The molecule has 0 aromatic carbocycles. The summed E-state index contributed by atoms with van der Waals surface area (Å²) < 4.78 is 2.08. The third kappa shape index (κ3) is 3.43. The van der Waals surface area contributed by atoms with Crippen molar-refractivity contribution in [1.82, 2.24) is 19.8 Å². The first-order chi connectivity index (χ1) is 11.1. The van der Waals surface area contributed by atoms with E-state index in [0.717, 1.165) is 51.1 Å². The maximum absolute atomic E-state index is 12.5. The zero-order valence-corrected chi connectivity index (χ0v) is 14.0. The molecule has 2 fully saturated rings. The first kappa shape index (κ1) is 16.5. The Bertz CT molecular complexity index is 544. The second kappa shape index (κ2) is 7.01. The number of aliphatic hydroxyl groups is 1. The van der Waals surface area contributed by atoms with Crippen LogP contribution in [0.1, 0.15) is 37.9 Å². The summed E-state index contributed by atoms with van der Waals surface area (Å²) >= 11 is 0. The summed E-state index contributed by atoms with van der Waals surface area (Å²) in [6.07, 6.45) is 8.20. The van der Waals surface area contributed by atoms with Crippen molar-refractivity contribution < 1.29 is 9.90 Å². The Hall–Kier alpha value is -1.40. The molecule has 2 aliphatic rings. The van der Waals surface area contributed by atoms with E-state index in [1.54, 1.807) is 6.20 Å². The SMILES string of the molecule is Cc1nccn1CCCC(=O)N1CC[C@H]2NCCC[C@]2(CO)C1. The van der Waals surface area contributed by atoms with E-state index in [0.29, 0.717) is 19.0 Å². The quantitative estimate of drug-likeness (QED) is 0.847. The predicted molar refractivity (Wildman–Crippen MR) is 87.9 cm³/mol. The molecule has 1 aromatic rings. The van der Waals surface area contributed by atoms with Crippen molar-refractivity contribution in [3.63, 3.8) is 0 Å². The number of fused-ring (bicyclic) bond motifs is 1. The average Bonchev–Trinajstić information content (AvgIpc) is 2.99. The minimum absolute atomic E-state index is 0.132. The van der Waals surface area contributed by atoms with Gasteiger partial charge in [0.05, 0.1) is 6.61 Å². The molecule has 2 N–H and O–H groups in total. The highest BCUT2D eigenvalue weighted by Crippen LogP contribution is 2.37. The van der Waals surface area contributed by atoms with E-state index in [1.807, 2.05) is 18.0 Å². The van der Waals surface area contributed by atoms with Crippen LogP contribution in [0.2, 0.25) is 0 Å². The number of likely N-dealkylation sites (tertiary alicyclic amines) is 1. The van der Waals surface area contributed by atoms with Gasteiger partial charge in [0.15, 0.2) is 0 Å². The van der Waals surface area contributed by atoms with Gasteiger partial charge in [-0.1, -0.05) is 0 Å². The summed E-state index contributed by atoms with van der Waals surface area (Å²) in [5, 5.41) is 13.5. The molecule has 0 bridgehead atoms. The van der Waals surface area contributed by atoms with Crippen LogP contribution in [0.25, 0.3) is 0 Å². The van der Waals surface area contributed by atoms with Gasteiger partial charge in [-0.15, -0.1) is 0 Å². The van der Waals surface area contributed by atoms with Crippen molar-refractivity contribution in [2.24, 2.45) is 5.41 Å². The van der Waals surface area contributed by atoms with Gasteiger partial charge in [0.2, 0.25) is 5.91 Å². The number of aromatic nitrogens is 2. The lowest BCUT2D eigenvalue weighted by Gasteiger charge is -2.50. The molecule has 0 saturated carbocycles. The van der Waals surface area contributed by atoms with Gasteiger partial charge in [0, 0.05) is 49.9 Å². The van der Waals surface area contributed by atoms with Crippen molar-refractivity contribution in [3.05, 3.63) is 18.2 Å². The average molecular weight is 320 g/mol. The number of carbonyl (C=O) groups excluding carboxylic acids is 1. The van der Waals surface area contributed by atoms with E-state index < -0.39 is 0 Å². The third-order valence-electron chi connectivity index (χ3n) is 5.56. The highest BCUT2D eigenvalue weighted by atomic mass is 16.3. The highest BCUT2D eigenvalue weighted by Gasteiger charge is 2.45. The maximum Gasteiger partial charge on any atom is 0.222 e. The molecule has 2 aliphatic heterocycles. The number of imidazole rings is 1. The first-order valence-electron chi connectivity index (χ1n) is 8.74. The molecule has 0 radical (unpaired) electrons. The molecule has 3 rings (SSSR count). The minimum Gasteiger partial charge on any atom is -0.396 e. The Labute approximate surface area is 137 Å². The Morgan fingerprint density at radius 1 is 1.57 bits per heavy atom. The number of carbonyl (C=O) groups is 1. The number of hydrogen-bond donors (Lipinski definition) is 2. The van der Waals surface area contributed by atoms with Gasteiger partial charge in [-0.25, -0.2) is 4.98 Å². The monoisotopic (exact) mass is 320 g/mol. The molecule has 0 spiro atoms. The van der Waals surface area contributed by atoms with Crippen LogP contribution in [0, 0.1) is 12.3 Å². The highest BCUT2D eigenvalue weighted by molar-refractivity contribution is 5.76. The number of rotatable bonds is 5. The van der Waals surface area contributed by atoms with Crippen LogP contribution in [0.4, 0.5) is 0 Å². The number of hydrogen-bond acceptors (Lipinski definition) is 4. The molecule has 0 aliphatic carbocycles. The van der Waals surface area contributed by atoms with E-state index >= 15 is 0 Å². The zero-order valence-electron chi connectivity index (χ0n) is 14.0. The fraction of sp³-hybridized carbons (Fsp3) is 0.765. The maximum atomic E-state index is 12.5. The molecular formula is C17H28N4O2. The number of aryl methyl sites for hydroxylation is 2. The lowest BCUT2D eigenvalue weighted by atomic mass is 9.70. The van der Waals surface area contributed by atoms with E-state index in [9.17, 15) is 9.90 Å². The summed E-state index contributed by atoms with van der Waals surface area (Å²) in [7, 11) is 0. The smallest absolute Gasteiger partial charge is 0.222 e. The van der Waals surface area contributed by atoms with E-state index in [-0.39, 0.29) is 17.9 Å². The van der Waals surface area contributed by atoms with Crippen molar-refractivity contribution in [3.8, 4) is 0 Å². The van der Waals surface area contributed by atoms with Crippen molar-refractivity contribution in [1.29, 1.82) is 0 Å². The van der Waals surface area contributed by atoms with Crippen LogP contribution in [-0.2, 0) is 11.3 Å². The van der Waals surface area contributed by atoms with Crippen LogP contribution in [-0.4, -0.2) is 57.7 Å². The number of amides is 1. The van der Waals surface area contributed by atoms with Crippen molar-refractivity contribution >= 4 is 5.91 Å². The topological polar surface area (TPSA) is 70.4 Å². The Morgan fingerprint density at radius 2 is 2.43 bits per heavy atom. The molecule has 128 valence electrons. The van der Waals surface area contributed by atoms with Gasteiger partial charge in [-0.2, -0.15) is 0 Å². The Balaban J connectivity index is 1.52. The third-order valence-corrected chi connectivity index (χ3v) is 5.56. The fourth-order valence-electron chi connectivity index (χ4n) is 4.10. The lowest BCUT2D eigenvalue weighted by molar-refractivity contribution is -0.137. The molecule has 23 heavy (non-hydrogen) atoms. The lowest BCUT2D eigenvalue weighted by Crippen LogP contribution is -2.62. The number of nitrogens with one attached hydrogen (secondary N) is 1. The minimum atomic E-state index is -0.132. The van der Waals surface area contributed by atoms with Gasteiger partial charge in [-0.05, 0) is 39.2 Å². The summed E-state index contributed by atoms with van der Waals surface area (Å²) in [6.45, 7) is 5.52. The van der Waals surface area contributed by atoms with Crippen molar-refractivity contribution in [2.75, 3.05) is 26.2 Å². The first-order valence-corrected chi connectivity index (χ1v) is 8.74. The van der Waals surface area contributed by atoms with Crippen LogP contribution in [0.5, 0.6) is 0 Å². The largest absolute Gasteiger partial charge is 0.396 e. The van der Waals surface area contributed by atoms with Gasteiger partial charge in [-0.3, -0.25) is 4.79 Å². The van der Waals surface area contributed by atoms with Gasteiger partial charge in [0.25, 0.3) is 0 Å². The summed E-state index contributed by atoms with van der Waals surface area (Å²) in [5.41, 5.74) is -0.132. The molecule has 3 heterocycles. The van der Waals surface area contributed by atoms with Crippen LogP contribution >= 0.6 is 0 Å². The second-order valence-corrected chi connectivity index (χ2v) is 7.01. The van der Waals surface area contributed by atoms with Gasteiger partial charge in [0.1, 0.15) is 5.82 Å². The van der Waals surface area contributed by atoms with Crippen LogP contribution < -0.4 is 5.32 Å². The normalized spacial score (nSPS) is 27.7. The van der Waals surface area contributed by atoms with E-state index in [2.05, 4.69) is 14.9 Å². The number of piperidine rings is 2. The zero-order chi connectivity index (χ0) is 16.3. The van der Waals surface area contributed by atoms with Crippen LogP contribution in [0.15, 0.2) is 12.4 Å². The predicted octanol–water partition coefficient (Wildman–Crippen LogP) is 0.935. The molecule has 2 saturated heterocycles. The number of nitrogens with zero attached hydrogens (tertiary/aromatic N) is 3.